The molecule has 0 amide bonds. The third-order valence-electron chi connectivity index (χ3n) is 9.34. The van der Waals surface area contributed by atoms with E-state index in [9.17, 15) is 9.59 Å². The quantitative estimate of drug-likeness (QED) is 0.0472. The van der Waals surface area contributed by atoms with Crippen LogP contribution >= 0.6 is 0 Å². The minimum absolute atomic E-state index is 0.0397. The van der Waals surface area contributed by atoms with Gasteiger partial charge in [0.2, 0.25) is 0 Å². The Balaban J connectivity index is 5.73. The van der Waals surface area contributed by atoms with Crippen molar-refractivity contribution in [2.75, 3.05) is 0 Å². The summed E-state index contributed by atoms with van der Waals surface area (Å²) < 4.78 is 19.3. The molecule has 244 valence electrons. The lowest BCUT2D eigenvalue weighted by atomic mass is 9.92. The summed E-state index contributed by atoms with van der Waals surface area (Å²) >= 11 is 0. The normalized spacial score (nSPS) is 18.2. The second kappa shape index (κ2) is 17.9. The average Bonchev–Trinajstić information content (AvgIpc) is 2.89. The largest absolute Gasteiger partial charge is 0.459 e. The molecule has 0 aromatic carbocycles. The van der Waals surface area contributed by atoms with E-state index < -0.39 is 22.2 Å². The van der Waals surface area contributed by atoms with Crippen molar-refractivity contribution in [1.29, 1.82) is 0 Å². The average molecular weight is 623 g/mol. The Bertz CT molecular complexity index is 903. The Morgan fingerprint density at radius 2 is 1.50 bits per heavy atom. The minimum atomic E-state index is -1.99. The number of aldehydes is 1. The molecule has 0 fully saturated rings. The number of carbonyl (C=O) groups is 2. The first-order valence-corrected chi connectivity index (χ1v) is 21.7. The van der Waals surface area contributed by atoms with Crippen LogP contribution in [0.2, 0.25) is 36.3 Å². The van der Waals surface area contributed by atoms with Crippen LogP contribution in [0, 0.1) is 17.8 Å². The zero-order valence-electron chi connectivity index (χ0n) is 29.9. The molecule has 0 unspecified atom stereocenters. The maximum atomic E-state index is 13.2. The fourth-order valence-electron chi connectivity index (χ4n) is 4.83. The molecule has 0 aliphatic rings. The molecule has 0 bridgehead atoms. The predicted octanol–water partition coefficient (Wildman–Crippen LogP) is 10.1. The predicted molar refractivity (Wildman–Crippen MR) is 185 cm³/mol. The van der Waals surface area contributed by atoms with E-state index in [2.05, 4.69) is 88.4 Å². The second-order valence-electron chi connectivity index (χ2n) is 14.4. The van der Waals surface area contributed by atoms with Gasteiger partial charge in [-0.05, 0) is 81.7 Å². The fourth-order valence-corrected chi connectivity index (χ4v) is 9.13. The Kier molecular flexibility index (Phi) is 17.3. The van der Waals surface area contributed by atoms with Crippen LogP contribution in [0.15, 0.2) is 36.0 Å². The Labute approximate surface area is 262 Å². The van der Waals surface area contributed by atoms with Crippen LogP contribution in [0.4, 0.5) is 0 Å². The van der Waals surface area contributed by atoms with E-state index >= 15 is 0 Å². The van der Waals surface area contributed by atoms with Crippen molar-refractivity contribution >= 4 is 28.9 Å². The minimum Gasteiger partial charge on any atom is -0.459 e. The van der Waals surface area contributed by atoms with E-state index in [1.54, 1.807) is 6.08 Å². The third kappa shape index (κ3) is 13.1. The molecule has 0 heterocycles. The molecular formula is C35H66O5Si2. The van der Waals surface area contributed by atoms with E-state index in [4.69, 9.17) is 13.6 Å². The topological polar surface area (TPSA) is 61.8 Å². The standard InChI is InChI=1S/C35H66O5Si2/c1-16-21-31(39-41(14,15)34(10,11)12)30(9)29(8)25-33(37)38-32(24-27(5)6)28(7)22-20-23-35(13,26-36)40-42(17-2,18-3)19-4/h16,20-21,23,25-28,30-32H,17-19,22,24H2,1-15H3/b21-16+,23-20+,29-25+/t28-,30-,31+,32-,35-/m1/s1. The summed E-state index contributed by atoms with van der Waals surface area (Å²) in [6.45, 7) is 32.1. The van der Waals surface area contributed by atoms with Crippen LogP contribution in [-0.2, 0) is 23.2 Å². The molecule has 0 saturated heterocycles. The molecule has 0 spiro atoms. The molecule has 0 rings (SSSR count). The Hall–Kier alpha value is -1.29. The monoisotopic (exact) mass is 622 g/mol. The molecule has 0 aliphatic heterocycles. The lowest BCUT2D eigenvalue weighted by Gasteiger charge is -2.40. The van der Waals surface area contributed by atoms with Gasteiger partial charge < -0.3 is 13.6 Å². The highest BCUT2D eigenvalue weighted by Gasteiger charge is 2.40. The number of esters is 1. The van der Waals surface area contributed by atoms with E-state index in [1.165, 1.54) is 0 Å². The van der Waals surface area contributed by atoms with E-state index in [-0.39, 0.29) is 35.1 Å². The van der Waals surface area contributed by atoms with Crippen molar-refractivity contribution in [2.45, 2.75) is 157 Å². The van der Waals surface area contributed by atoms with Gasteiger partial charge in [-0.1, -0.05) is 99.1 Å². The Morgan fingerprint density at radius 1 is 0.952 bits per heavy atom. The number of hydrogen-bond donors (Lipinski definition) is 0. The summed E-state index contributed by atoms with van der Waals surface area (Å²) in [4.78, 5) is 25.3. The van der Waals surface area contributed by atoms with Crippen molar-refractivity contribution < 1.29 is 23.2 Å². The van der Waals surface area contributed by atoms with Gasteiger partial charge in [-0.15, -0.1) is 0 Å². The van der Waals surface area contributed by atoms with E-state index in [1.807, 2.05) is 39.0 Å². The first-order chi connectivity index (χ1) is 19.3. The first kappa shape index (κ1) is 40.7. The maximum Gasteiger partial charge on any atom is 0.330 e. The molecule has 7 heteroatoms. The van der Waals surface area contributed by atoms with Gasteiger partial charge in [0.15, 0.2) is 22.9 Å². The molecule has 42 heavy (non-hydrogen) atoms. The van der Waals surface area contributed by atoms with Gasteiger partial charge in [-0.2, -0.15) is 0 Å². The smallest absolute Gasteiger partial charge is 0.330 e. The highest BCUT2D eigenvalue weighted by Crippen LogP contribution is 2.39. The van der Waals surface area contributed by atoms with Crippen molar-refractivity contribution in [3.05, 3.63) is 36.0 Å². The zero-order valence-corrected chi connectivity index (χ0v) is 31.9. The van der Waals surface area contributed by atoms with Crippen LogP contribution < -0.4 is 0 Å². The molecule has 5 atom stereocenters. The first-order valence-electron chi connectivity index (χ1n) is 16.3. The molecule has 0 aliphatic carbocycles. The Morgan fingerprint density at radius 3 is 1.93 bits per heavy atom. The SMILES string of the molecule is C/C=C/[C@H](O[Si](C)(C)C(C)(C)C)[C@H](C)/C(C)=C/C(=O)O[C@H](CC(C)C)[C@H](C)C/C=C/[C@](C)(C=O)O[Si](CC)(CC)CC. The molecule has 0 aromatic rings. The van der Waals surface area contributed by atoms with Gasteiger partial charge in [0.25, 0.3) is 0 Å². The number of rotatable bonds is 19. The van der Waals surface area contributed by atoms with Gasteiger partial charge in [-0.3, -0.25) is 4.79 Å². The summed E-state index contributed by atoms with van der Waals surface area (Å²) in [5.74, 6) is 0.206. The summed E-state index contributed by atoms with van der Waals surface area (Å²) in [5, 5.41) is 0.0973. The van der Waals surface area contributed by atoms with Crippen LogP contribution in [-0.4, -0.2) is 46.7 Å². The van der Waals surface area contributed by atoms with Crippen molar-refractivity contribution in [2.24, 2.45) is 17.8 Å². The summed E-state index contributed by atoms with van der Waals surface area (Å²) in [5.41, 5.74) is 0.0245. The fraction of sp³-hybridized carbons (Fsp3) is 0.771. The lowest BCUT2D eigenvalue weighted by molar-refractivity contribution is -0.146. The highest BCUT2D eigenvalue weighted by atomic mass is 28.4. The van der Waals surface area contributed by atoms with E-state index in [0.717, 1.165) is 36.4 Å². The van der Waals surface area contributed by atoms with Crippen LogP contribution in [0.3, 0.4) is 0 Å². The third-order valence-corrected chi connectivity index (χ3v) is 18.6. The van der Waals surface area contributed by atoms with Gasteiger partial charge >= 0.3 is 5.97 Å². The molecule has 0 aromatic heterocycles. The van der Waals surface area contributed by atoms with Gasteiger partial charge in [-0.25, -0.2) is 4.79 Å². The van der Waals surface area contributed by atoms with Gasteiger partial charge in [0.05, 0.1) is 6.10 Å². The zero-order chi connectivity index (χ0) is 32.9. The number of hydrogen-bond acceptors (Lipinski definition) is 5. The number of carbonyl (C=O) groups excluding carboxylic acids is 2. The van der Waals surface area contributed by atoms with Gasteiger partial charge in [0, 0.05) is 12.0 Å². The van der Waals surface area contributed by atoms with Crippen LogP contribution in [0.1, 0.15) is 103 Å². The summed E-state index contributed by atoms with van der Waals surface area (Å²) in [7, 11) is -3.94. The number of ether oxygens (including phenoxy) is 1. The molecule has 0 N–H and O–H groups in total. The summed E-state index contributed by atoms with van der Waals surface area (Å²) in [6, 6.07) is 2.97. The summed E-state index contributed by atoms with van der Waals surface area (Å²) in [6.07, 6.45) is 11.8. The maximum absolute atomic E-state index is 13.2. The molecule has 0 radical (unpaired) electrons. The molecule has 5 nitrogen and oxygen atoms in total. The molecular weight excluding hydrogens is 557 g/mol. The van der Waals surface area contributed by atoms with Crippen LogP contribution in [0.5, 0.6) is 0 Å². The molecule has 0 saturated carbocycles. The van der Waals surface area contributed by atoms with Gasteiger partial charge in [0.1, 0.15) is 11.7 Å². The van der Waals surface area contributed by atoms with E-state index in [0.29, 0.717) is 12.3 Å². The van der Waals surface area contributed by atoms with Crippen LogP contribution in [0.25, 0.3) is 0 Å². The second-order valence-corrected chi connectivity index (χ2v) is 23.9. The lowest BCUT2D eigenvalue weighted by Crippen LogP contribution is -2.45. The van der Waals surface area contributed by atoms with Crippen molar-refractivity contribution in [1.82, 2.24) is 0 Å². The highest BCUT2D eigenvalue weighted by molar-refractivity contribution is 6.74. The van der Waals surface area contributed by atoms with Crippen molar-refractivity contribution in [3.8, 4) is 0 Å². The number of allylic oxidation sites excluding steroid dienone is 2. The van der Waals surface area contributed by atoms with Crippen molar-refractivity contribution in [3.63, 3.8) is 0 Å².